The predicted molar refractivity (Wildman–Crippen MR) is 81.3 cm³/mol. The normalized spacial score (nSPS) is 14.7. The number of aromatic nitrogens is 4. The van der Waals surface area contributed by atoms with Gasteiger partial charge in [0.05, 0.1) is 11.2 Å². The summed E-state index contributed by atoms with van der Waals surface area (Å²) in [5.41, 5.74) is 5.14. The molecule has 5 heteroatoms. The monoisotopic (exact) mass is 279 g/mol. The van der Waals surface area contributed by atoms with Crippen LogP contribution in [0.4, 0.5) is 0 Å². The fraction of sp³-hybridized carbons (Fsp3) is 0.312. The lowest BCUT2D eigenvalue weighted by Crippen LogP contribution is -2.17. The summed E-state index contributed by atoms with van der Waals surface area (Å²) in [6.07, 6.45) is 4.50. The third kappa shape index (κ3) is 2.40. The maximum atomic E-state index is 4.43. The van der Waals surface area contributed by atoms with E-state index in [9.17, 15) is 0 Å². The second-order valence-electron chi connectivity index (χ2n) is 5.60. The van der Waals surface area contributed by atoms with Gasteiger partial charge in [-0.1, -0.05) is 17.3 Å². The first-order chi connectivity index (χ1) is 10.3. The fourth-order valence-corrected chi connectivity index (χ4v) is 2.50. The van der Waals surface area contributed by atoms with Crippen LogP contribution in [0.3, 0.4) is 0 Å². The minimum atomic E-state index is 0.673. The lowest BCUT2D eigenvalue weighted by atomic mass is 10.2. The van der Waals surface area contributed by atoms with Crippen molar-refractivity contribution in [1.29, 1.82) is 0 Å². The van der Waals surface area contributed by atoms with E-state index >= 15 is 0 Å². The molecular weight excluding hydrogens is 262 g/mol. The Morgan fingerprint density at radius 2 is 2.14 bits per heavy atom. The Morgan fingerprint density at radius 1 is 1.29 bits per heavy atom. The first kappa shape index (κ1) is 12.5. The molecular formula is C16H17N5. The summed E-state index contributed by atoms with van der Waals surface area (Å²) in [5, 5.41) is 12.1. The minimum absolute atomic E-state index is 0.673. The van der Waals surface area contributed by atoms with Gasteiger partial charge >= 0.3 is 0 Å². The molecule has 1 aliphatic carbocycles. The predicted octanol–water partition coefficient (Wildman–Crippen LogP) is 2.38. The fourth-order valence-electron chi connectivity index (χ4n) is 2.50. The van der Waals surface area contributed by atoms with Gasteiger partial charge in [0.25, 0.3) is 0 Å². The standard InChI is InChI=1S/C16H17N5/c1-11-8-16(12(9-17-11)10-18-13-6-7-13)21-15-5-3-2-4-14(15)19-20-21/h2-5,8-9,13,18H,6-7,10H2,1H3. The van der Waals surface area contributed by atoms with Gasteiger partial charge in [-0.25, -0.2) is 4.68 Å². The van der Waals surface area contributed by atoms with Crippen LogP contribution in [-0.2, 0) is 6.54 Å². The highest BCUT2D eigenvalue weighted by molar-refractivity contribution is 5.76. The van der Waals surface area contributed by atoms with Crippen LogP contribution in [0.1, 0.15) is 24.1 Å². The first-order valence-electron chi connectivity index (χ1n) is 7.31. The van der Waals surface area contributed by atoms with Crippen molar-refractivity contribution in [3.05, 3.63) is 47.8 Å². The molecule has 2 aromatic heterocycles. The Kier molecular flexibility index (Phi) is 2.93. The highest BCUT2D eigenvalue weighted by atomic mass is 15.4. The van der Waals surface area contributed by atoms with Crippen molar-refractivity contribution in [2.24, 2.45) is 0 Å². The Labute approximate surface area is 123 Å². The molecule has 2 heterocycles. The van der Waals surface area contributed by atoms with E-state index in [0.29, 0.717) is 6.04 Å². The molecule has 1 saturated carbocycles. The summed E-state index contributed by atoms with van der Waals surface area (Å²) in [6.45, 7) is 2.82. The van der Waals surface area contributed by atoms with Crippen molar-refractivity contribution in [2.75, 3.05) is 0 Å². The molecule has 106 valence electrons. The summed E-state index contributed by atoms with van der Waals surface area (Å²) < 4.78 is 1.91. The molecule has 0 bridgehead atoms. The van der Waals surface area contributed by atoms with E-state index in [4.69, 9.17) is 0 Å². The van der Waals surface area contributed by atoms with E-state index in [1.807, 2.05) is 42.1 Å². The molecule has 1 aromatic carbocycles. The van der Waals surface area contributed by atoms with Gasteiger partial charge < -0.3 is 5.32 Å². The molecule has 0 aliphatic heterocycles. The number of benzene rings is 1. The van der Waals surface area contributed by atoms with Crippen molar-refractivity contribution in [3.63, 3.8) is 0 Å². The van der Waals surface area contributed by atoms with Crippen LogP contribution < -0.4 is 5.32 Å². The second-order valence-corrected chi connectivity index (χ2v) is 5.60. The summed E-state index contributed by atoms with van der Waals surface area (Å²) in [6, 6.07) is 10.8. The molecule has 1 fully saturated rings. The number of nitrogens with one attached hydrogen (secondary N) is 1. The molecule has 21 heavy (non-hydrogen) atoms. The summed E-state index contributed by atoms with van der Waals surface area (Å²) in [5.74, 6) is 0. The van der Waals surface area contributed by atoms with Crippen LogP contribution in [-0.4, -0.2) is 26.0 Å². The number of aryl methyl sites for hydroxylation is 1. The average Bonchev–Trinajstić information content (AvgIpc) is 3.23. The van der Waals surface area contributed by atoms with Gasteiger partial charge in [0.2, 0.25) is 0 Å². The summed E-state index contributed by atoms with van der Waals surface area (Å²) in [7, 11) is 0. The van der Waals surface area contributed by atoms with Gasteiger partial charge in [-0.15, -0.1) is 5.10 Å². The van der Waals surface area contributed by atoms with E-state index in [1.165, 1.54) is 12.8 Å². The van der Waals surface area contributed by atoms with Crippen molar-refractivity contribution < 1.29 is 0 Å². The van der Waals surface area contributed by atoms with Crippen LogP contribution in [0.5, 0.6) is 0 Å². The quantitative estimate of drug-likeness (QED) is 0.796. The molecule has 0 amide bonds. The van der Waals surface area contributed by atoms with Crippen molar-refractivity contribution in [3.8, 4) is 5.69 Å². The van der Waals surface area contributed by atoms with Gasteiger partial charge in [0.15, 0.2) is 0 Å². The van der Waals surface area contributed by atoms with Gasteiger partial charge in [0.1, 0.15) is 5.52 Å². The van der Waals surface area contributed by atoms with Gasteiger partial charge in [-0.3, -0.25) is 4.98 Å². The largest absolute Gasteiger partial charge is 0.310 e. The number of pyridine rings is 1. The molecule has 4 rings (SSSR count). The number of nitrogens with zero attached hydrogens (tertiary/aromatic N) is 4. The van der Waals surface area contributed by atoms with E-state index in [0.717, 1.165) is 34.5 Å². The molecule has 0 spiro atoms. The van der Waals surface area contributed by atoms with Crippen molar-refractivity contribution in [2.45, 2.75) is 32.4 Å². The highest BCUT2D eigenvalue weighted by Crippen LogP contribution is 2.22. The highest BCUT2D eigenvalue weighted by Gasteiger charge is 2.21. The molecule has 0 radical (unpaired) electrons. The van der Waals surface area contributed by atoms with Crippen LogP contribution in [0, 0.1) is 6.92 Å². The minimum Gasteiger partial charge on any atom is -0.310 e. The van der Waals surface area contributed by atoms with Crippen LogP contribution in [0.15, 0.2) is 36.5 Å². The number of rotatable bonds is 4. The topological polar surface area (TPSA) is 55.6 Å². The third-order valence-corrected chi connectivity index (χ3v) is 3.84. The summed E-state index contributed by atoms with van der Waals surface area (Å²) in [4.78, 5) is 4.43. The number of hydrogen-bond acceptors (Lipinski definition) is 4. The zero-order valence-electron chi connectivity index (χ0n) is 12.0. The smallest absolute Gasteiger partial charge is 0.113 e. The average molecular weight is 279 g/mol. The van der Waals surface area contributed by atoms with Crippen molar-refractivity contribution >= 4 is 11.0 Å². The molecule has 0 unspecified atom stereocenters. The maximum absolute atomic E-state index is 4.43. The van der Waals surface area contributed by atoms with Gasteiger partial charge in [0, 0.05) is 30.0 Å². The molecule has 3 aromatic rings. The molecule has 1 N–H and O–H groups in total. The molecule has 5 nitrogen and oxygen atoms in total. The lowest BCUT2D eigenvalue weighted by Gasteiger charge is -2.11. The van der Waals surface area contributed by atoms with Gasteiger partial charge in [-0.2, -0.15) is 0 Å². The van der Waals surface area contributed by atoms with Crippen LogP contribution in [0.2, 0.25) is 0 Å². The number of para-hydroxylation sites is 1. The zero-order valence-corrected chi connectivity index (χ0v) is 12.0. The second kappa shape index (κ2) is 4.93. The number of fused-ring (bicyclic) bond motifs is 1. The maximum Gasteiger partial charge on any atom is 0.113 e. The van der Waals surface area contributed by atoms with E-state index in [2.05, 4.69) is 26.7 Å². The van der Waals surface area contributed by atoms with Crippen LogP contribution >= 0.6 is 0 Å². The zero-order chi connectivity index (χ0) is 14.2. The lowest BCUT2D eigenvalue weighted by molar-refractivity contribution is 0.677. The molecule has 0 saturated heterocycles. The Balaban J connectivity index is 1.80. The van der Waals surface area contributed by atoms with Crippen LogP contribution in [0.25, 0.3) is 16.7 Å². The summed E-state index contributed by atoms with van der Waals surface area (Å²) >= 11 is 0. The van der Waals surface area contributed by atoms with Gasteiger partial charge in [-0.05, 0) is 38.0 Å². The van der Waals surface area contributed by atoms with E-state index < -0.39 is 0 Å². The van der Waals surface area contributed by atoms with E-state index in [-0.39, 0.29) is 0 Å². The Morgan fingerprint density at radius 3 is 3.00 bits per heavy atom. The molecule has 0 atom stereocenters. The van der Waals surface area contributed by atoms with Crippen molar-refractivity contribution in [1.82, 2.24) is 25.3 Å². The Bertz CT molecular complexity index is 788. The Hall–Kier alpha value is -2.27. The number of hydrogen-bond donors (Lipinski definition) is 1. The molecule has 1 aliphatic rings. The van der Waals surface area contributed by atoms with E-state index in [1.54, 1.807) is 0 Å². The first-order valence-corrected chi connectivity index (χ1v) is 7.31. The SMILES string of the molecule is Cc1cc(-n2nnc3ccccc32)c(CNC2CC2)cn1. The third-order valence-electron chi connectivity index (χ3n) is 3.84.